The zero-order valence-corrected chi connectivity index (χ0v) is 47.5. The SMILES string of the molecule is C=CCC(=C)/C=C/[C@@](C)(O)[C@H]1O[C@@H]2C[C@@H]3O[C@]4(C)C[C@@H]5O[C@@H]6C[C@@H]7O[C@@H]8C[C@@H]9O[C@@H]%10C[C@@H]%11O[C@](C)(CCOS(=O)(=O)O)[C@@H](OS(=O)(=O)O)C[C@H]%11O[C@H]%10C[C@H]9O[C@H]8CC[C@@]7(C)O[C@@]6(C)C[C@@H](C)[C@H]5O[C@H]4[C@@H](O)[C@@]3(C)O[C@H]2CC1=C. The molecule has 0 spiro atoms. The second-order valence-electron chi connectivity index (χ2n) is 25.9. The first-order chi connectivity index (χ1) is 36.4. The lowest BCUT2D eigenvalue weighted by Gasteiger charge is -2.62. The molecule has 4 N–H and O–H groups in total. The number of aliphatic hydroxyl groups excluding tert-OH is 1. The van der Waals surface area contributed by atoms with Crippen molar-refractivity contribution >= 4 is 20.8 Å². The normalized spacial score (nSPS) is 51.8. The standard InChI is InChI=1S/C55H82O21S2/c1-11-12-28(2)13-15-50(5,57)48-29(3)19-39-38(70-48)24-45-55(10,73-39)47(56)49-54(9,74-45)27-41-46(71-49)30(4)26-53(8)43(69-41)25-42-52(7,76-53)16-14-31-32(68-42)20-34-33(65-31)21-35-36(66-34)22-40-37(67-35)23-44(75-78(61,62)63)51(6,72-40)17-18-64-77(58,59)60/h11,13,15,30-49,56-57H,1-3,12,14,16-27H2,4-10H3,(H,58,59,60)(H,61,62,63)/b15-13+/t30-,31+,32-,33-,34+,35+,36-,37-,38-,39+,40+,41+,42+,43-,44+,45+,46-,47-,48+,49+,50-,51-,52-,53+,54-,55+/m1/s1. The van der Waals surface area contributed by atoms with Gasteiger partial charge in [-0.15, -0.1) is 6.58 Å². The van der Waals surface area contributed by atoms with Crippen molar-refractivity contribution in [2.24, 2.45) is 5.92 Å². The van der Waals surface area contributed by atoms with Gasteiger partial charge < -0.3 is 62.3 Å². The molecule has 78 heavy (non-hydrogen) atoms. The molecule has 440 valence electrons. The second-order valence-corrected chi connectivity index (χ2v) is 28.0. The number of ether oxygens (including phenoxy) is 11. The molecule has 26 atom stereocenters. The second kappa shape index (κ2) is 20.5. The molecular formula is C55H82O21S2. The Morgan fingerprint density at radius 1 is 0.718 bits per heavy atom. The summed E-state index contributed by atoms with van der Waals surface area (Å²) in [6, 6.07) is 0. The Balaban J connectivity index is 0.753. The van der Waals surface area contributed by atoms with Crippen molar-refractivity contribution in [1.82, 2.24) is 0 Å². The van der Waals surface area contributed by atoms with Gasteiger partial charge >= 0.3 is 20.8 Å². The Morgan fingerprint density at radius 3 is 2.00 bits per heavy atom. The van der Waals surface area contributed by atoms with Crippen LogP contribution in [0.25, 0.3) is 0 Å². The van der Waals surface area contributed by atoms with Crippen molar-refractivity contribution in [3.63, 3.8) is 0 Å². The molecule has 11 saturated heterocycles. The fourth-order valence-electron chi connectivity index (χ4n) is 15.7. The predicted octanol–water partition coefficient (Wildman–Crippen LogP) is 5.06. The van der Waals surface area contributed by atoms with E-state index in [-0.39, 0.29) is 61.5 Å². The highest BCUT2D eigenvalue weighted by Crippen LogP contribution is 2.56. The maximum absolute atomic E-state index is 12.5. The highest BCUT2D eigenvalue weighted by Gasteiger charge is 2.68. The van der Waals surface area contributed by atoms with E-state index in [2.05, 4.69) is 44.7 Å². The van der Waals surface area contributed by atoms with Gasteiger partial charge in [-0.2, -0.15) is 16.8 Å². The van der Waals surface area contributed by atoms with Crippen molar-refractivity contribution < 1.29 is 96.6 Å². The summed E-state index contributed by atoms with van der Waals surface area (Å²) in [5, 5.41) is 24.1. The van der Waals surface area contributed by atoms with Crippen LogP contribution in [-0.4, -0.2) is 192 Å². The summed E-state index contributed by atoms with van der Waals surface area (Å²) in [7, 11) is -9.74. The van der Waals surface area contributed by atoms with Crippen LogP contribution in [0, 0.1) is 5.92 Å². The Morgan fingerprint density at radius 2 is 1.33 bits per heavy atom. The summed E-state index contributed by atoms with van der Waals surface area (Å²) >= 11 is 0. The molecule has 11 aliphatic rings. The minimum atomic E-state index is -4.95. The van der Waals surface area contributed by atoms with Gasteiger partial charge in [0.15, 0.2) is 0 Å². The van der Waals surface area contributed by atoms with E-state index >= 15 is 0 Å². The van der Waals surface area contributed by atoms with Crippen LogP contribution >= 0.6 is 0 Å². The van der Waals surface area contributed by atoms with Gasteiger partial charge in [-0.1, -0.05) is 43.9 Å². The van der Waals surface area contributed by atoms with Crippen LogP contribution in [0.4, 0.5) is 0 Å². The molecule has 11 rings (SSSR count). The molecule has 0 amide bonds. The Hall–Kier alpha value is -1.82. The minimum Gasteiger partial charge on any atom is -0.387 e. The molecular weight excluding hydrogens is 1060 g/mol. The molecule has 21 nitrogen and oxygen atoms in total. The van der Waals surface area contributed by atoms with E-state index in [0.717, 1.165) is 5.57 Å². The third-order valence-corrected chi connectivity index (χ3v) is 20.6. The van der Waals surface area contributed by atoms with E-state index in [1.165, 1.54) is 6.92 Å². The number of allylic oxidation sites excluding steroid dienone is 3. The molecule has 0 unspecified atom stereocenters. The molecule has 11 fully saturated rings. The third-order valence-electron chi connectivity index (χ3n) is 19.7. The summed E-state index contributed by atoms with van der Waals surface area (Å²) in [6.45, 7) is 25.2. The summed E-state index contributed by atoms with van der Waals surface area (Å²) in [5.41, 5.74) is -4.80. The fraction of sp³-hybridized carbons (Fsp3) is 0.855. The van der Waals surface area contributed by atoms with Crippen LogP contribution in [0.3, 0.4) is 0 Å². The van der Waals surface area contributed by atoms with Crippen LogP contribution in [-0.2, 0) is 81.3 Å². The summed E-state index contributed by atoms with van der Waals surface area (Å²) in [5.74, 6) is -0.0290. The van der Waals surface area contributed by atoms with Gasteiger partial charge in [0.25, 0.3) is 0 Å². The van der Waals surface area contributed by atoms with Crippen molar-refractivity contribution in [3.05, 3.63) is 49.1 Å². The lowest BCUT2D eigenvalue weighted by molar-refractivity contribution is -0.384. The zero-order valence-electron chi connectivity index (χ0n) is 45.8. The average molecular weight is 1140 g/mol. The van der Waals surface area contributed by atoms with Crippen LogP contribution < -0.4 is 0 Å². The van der Waals surface area contributed by atoms with E-state index in [1.54, 1.807) is 25.2 Å². The van der Waals surface area contributed by atoms with Gasteiger partial charge in [0.2, 0.25) is 0 Å². The molecule has 0 aromatic rings. The quantitative estimate of drug-likeness (QED) is 0.120. The maximum atomic E-state index is 12.5. The smallest absolute Gasteiger partial charge is 0.387 e. The molecule has 0 aromatic heterocycles. The molecule has 0 aliphatic carbocycles. The summed E-state index contributed by atoms with van der Waals surface area (Å²) < 4.78 is 151. The van der Waals surface area contributed by atoms with Crippen LogP contribution in [0.15, 0.2) is 49.1 Å². The van der Waals surface area contributed by atoms with Gasteiger partial charge in [-0.25, -0.2) is 8.37 Å². The Labute approximate surface area is 458 Å². The van der Waals surface area contributed by atoms with Crippen molar-refractivity contribution in [3.8, 4) is 0 Å². The Bertz CT molecular complexity index is 2580. The molecule has 11 heterocycles. The van der Waals surface area contributed by atoms with E-state index in [9.17, 15) is 31.6 Å². The fourth-order valence-corrected chi connectivity index (χ4v) is 16.5. The van der Waals surface area contributed by atoms with Gasteiger partial charge in [0.05, 0.1) is 121 Å². The van der Waals surface area contributed by atoms with Crippen molar-refractivity contribution in [1.29, 1.82) is 0 Å². The average Bonchev–Trinajstić information content (AvgIpc) is 3.75. The topological polar surface area (TPSA) is 269 Å². The molecule has 23 heteroatoms. The highest BCUT2D eigenvalue weighted by molar-refractivity contribution is 7.81. The summed E-state index contributed by atoms with van der Waals surface area (Å²) in [4.78, 5) is 0. The van der Waals surface area contributed by atoms with E-state index in [4.69, 9.17) is 60.8 Å². The molecule has 11 aliphatic heterocycles. The molecule has 0 saturated carbocycles. The molecule has 0 bridgehead atoms. The number of hydrogen-bond acceptors (Lipinski definition) is 19. The molecule has 0 aromatic carbocycles. The first-order valence-electron chi connectivity index (χ1n) is 28.0. The Kier molecular flexibility index (Phi) is 15.2. The lowest BCUT2D eigenvalue weighted by Crippen LogP contribution is -2.76. The van der Waals surface area contributed by atoms with Crippen LogP contribution in [0.2, 0.25) is 0 Å². The minimum absolute atomic E-state index is 0.00101. The van der Waals surface area contributed by atoms with Crippen LogP contribution in [0.5, 0.6) is 0 Å². The molecule has 0 radical (unpaired) electrons. The predicted molar refractivity (Wildman–Crippen MR) is 276 cm³/mol. The lowest BCUT2D eigenvalue weighted by atomic mass is 9.70. The summed E-state index contributed by atoms with van der Waals surface area (Å²) in [6.07, 6.45) is 0.965. The van der Waals surface area contributed by atoms with Crippen molar-refractivity contribution in [2.45, 2.75) is 282 Å². The van der Waals surface area contributed by atoms with E-state index in [1.807, 2.05) is 13.8 Å². The first-order valence-corrected chi connectivity index (χ1v) is 30.8. The maximum Gasteiger partial charge on any atom is 0.397 e. The monoisotopic (exact) mass is 1140 g/mol. The zero-order chi connectivity index (χ0) is 55.9. The number of rotatable bonds is 11. The highest BCUT2D eigenvalue weighted by atomic mass is 32.3. The van der Waals surface area contributed by atoms with E-state index in [0.29, 0.717) is 76.2 Å². The van der Waals surface area contributed by atoms with Gasteiger partial charge in [-0.3, -0.25) is 9.11 Å². The van der Waals surface area contributed by atoms with Crippen LogP contribution in [0.1, 0.15) is 132 Å². The number of aliphatic hydroxyl groups is 2. The number of hydrogen-bond donors (Lipinski definition) is 4. The largest absolute Gasteiger partial charge is 0.397 e. The number of fused-ring (bicyclic) bond motifs is 10. The first kappa shape index (κ1) is 58.0. The van der Waals surface area contributed by atoms with Gasteiger partial charge in [0, 0.05) is 51.4 Å². The van der Waals surface area contributed by atoms with Gasteiger partial charge in [0.1, 0.15) is 35.6 Å². The van der Waals surface area contributed by atoms with Crippen molar-refractivity contribution in [2.75, 3.05) is 6.61 Å². The van der Waals surface area contributed by atoms with Gasteiger partial charge in [-0.05, 0) is 85.1 Å². The van der Waals surface area contributed by atoms with E-state index < -0.39 is 134 Å². The third kappa shape index (κ3) is 10.9.